The molecular weight excluding hydrogens is 160 g/mol. The van der Waals surface area contributed by atoms with Crippen molar-refractivity contribution in [2.24, 2.45) is 5.73 Å². The Morgan fingerprint density at radius 1 is 1.54 bits per heavy atom. The molecule has 2 N–H and O–H groups in total. The first-order valence-corrected chi connectivity index (χ1v) is 4.91. The zero-order valence-corrected chi connectivity index (χ0v) is 8.46. The summed E-state index contributed by atoms with van der Waals surface area (Å²) in [7, 11) is 0. The van der Waals surface area contributed by atoms with Gasteiger partial charge in [-0.1, -0.05) is 19.8 Å². The number of aromatic nitrogens is 1. The van der Waals surface area contributed by atoms with Crippen molar-refractivity contribution in [1.82, 2.24) is 4.98 Å². The van der Waals surface area contributed by atoms with Crippen LogP contribution in [0.1, 0.15) is 43.4 Å². The molecule has 1 heterocycles. The van der Waals surface area contributed by atoms with Crippen LogP contribution in [0.15, 0.2) is 18.5 Å². The number of aryl methyl sites for hydroxylation is 1. The van der Waals surface area contributed by atoms with Crippen LogP contribution >= 0.6 is 0 Å². The summed E-state index contributed by atoms with van der Waals surface area (Å²) >= 11 is 0. The summed E-state index contributed by atoms with van der Waals surface area (Å²) in [6, 6.07) is 2.21. The van der Waals surface area contributed by atoms with Gasteiger partial charge in [0.1, 0.15) is 0 Å². The predicted octanol–water partition coefficient (Wildman–Crippen LogP) is 2.58. The lowest BCUT2D eigenvalue weighted by atomic mass is 10.00. The van der Waals surface area contributed by atoms with E-state index in [1.54, 1.807) is 0 Å². The minimum absolute atomic E-state index is 0.183. The lowest BCUT2D eigenvalue weighted by molar-refractivity contribution is 0.600. The monoisotopic (exact) mass is 178 g/mol. The molecule has 0 saturated carbocycles. The Hall–Kier alpha value is -0.890. The van der Waals surface area contributed by atoms with E-state index in [2.05, 4.69) is 18.8 Å². The Bertz CT molecular complexity index is 258. The Labute approximate surface area is 80.2 Å². The van der Waals surface area contributed by atoms with Crippen molar-refractivity contribution < 1.29 is 0 Å². The molecule has 1 rings (SSSR count). The van der Waals surface area contributed by atoms with Gasteiger partial charge >= 0.3 is 0 Å². The molecule has 2 nitrogen and oxygen atoms in total. The minimum atomic E-state index is 0.183. The van der Waals surface area contributed by atoms with Crippen molar-refractivity contribution in [2.45, 2.75) is 39.2 Å². The summed E-state index contributed by atoms with van der Waals surface area (Å²) < 4.78 is 0. The van der Waals surface area contributed by atoms with Crippen molar-refractivity contribution >= 4 is 0 Å². The molecule has 0 fully saturated rings. The van der Waals surface area contributed by atoms with Gasteiger partial charge in [-0.3, -0.25) is 4.98 Å². The average molecular weight is 178 g/mol. The Morgan fingerprint density at radius 2 is 2.31 bits per heavy atom. The molecule has 0 aliphatic carbocycles. The number of hydrogen-bond donors (Lipinski definition) is 1. The van der Waals surface area contributed by atoms with Crippen molar-refractivity contribution in [3.63, 3.8) is 0 Å². The number of rotatable bonds is 4. The molecular formula is C11H18N2. The number of hydrogen-bond acceptors (Lipinski definition) is 2. The maximum absolute atomic E-state index is 6.05. The smallest absolute Gasteiger partial charge is 0.0300 e. The van der Waals surface area contributed by atoms with Crippen LogP contribution in [0.4, 0.5) is 0 Å². The van der Waals surface area contributed by atoms with Gasteiger partial charge in [0.05, 0.1) is 0 Å². The number of nitrogens with two attached hydrogens (primary N) is 1. The molecule has 1 aromatic heterocycles. The second-order valence-electron chi connectivity index (χ2n) is 3.48. The van der Waals surface area contributed by atoms with E-state index in [4.69, 9.17) is 5.73 Å². The fourth-order valence-corrected chi connectivity index (χ4v) is 1.48. The largest absolute Gasteiger partial charge is 0.324 e. The first-order chi connectivity index (χ1) is 6.25. The van der Waals surface area contributed by atoms with Crippen LogP contribution in [0.25, 0.3) is 0 Å². The van der Waals surface area contributed by atoms with E-state index in [0.29, 0.717) is 0 Å². The highest BCUT2D eigenvalue weighted by Gasteiger charge is 2.07. The number of pyridine rings is 1. The molecule has 72 valence electrons. The Kier molecular flexibility index (Phi) is 3.90. The van der Waals surface area contributed by atoms with Crippen molar-refractivity contribution in [3.05, 3.63) is 29.6 Å². The quantitative estimate of drug-likeness (QED) is 0.769. The molecule has 0 bridgehead atoms. The molecule has 1 unspecified atom stereocenters. The van der Waals surface area contributed by atoms with E-state index in [1.807, 2.05) is 18.5 Å². The second kappa shape index (κ2) is 4.97. The van der Waals surface area contributed by atoms with Crippen LogP contribution in [0, 0.1) is 6.92 Å². The van der Waals surface area contributed by atoms with Crippen molar-refractivity contribution in [2.75, 3.05) is 0 Å². The van der Waals surface area contributed by atoms with Crippen LogP contribution in [0.5, 0.6) is 0 Å². The maximum atomic E-state index is 6.05. The van der Waals surface area contributed by atoms with Crippen molar-refractivity contribution in [1.29, 1.82) is 0 Å². The fraction of sp³-hybridized carbons (Fsp3) is 0.545. The van der Waals surface area contributed by atoms with Gasteiger partial charge in [-0.2, -0.15) is 0 Å². The third-order valence-electron chi connectivity index (χ3n) is 2.33. The molecule has 1 aromatic rings. The van der Waals surface area contributed by atoms with E-state index in [-0.39, 0.29) is 6.04 Å². The van der Waals surface area contributed by atoms with Crippen LogP contribution in [0.3, 0.4) is 0 Å². The Morgan fingerprint density at radius 3 is 2.92 bits per heavy atom. The average Bonchev–Trinajstić information content (AvgIpc) is 2.15. The standard InChI is InChI=1S/C11H18N2/c1-3-4-5-11(12)10-6-7-13-8-9(10)2/h6-8,11H,3-5,12H2,1-2H3. The van der Waals surface area contributed by atoms with Gasteiger partial charge < -0.3 is 5.73 Å². The fourth-order valence-electron chi connectivity index (χ4n) is 1.48. The van der Waals surface area contributed by atoms with E-state index < -0.39 is 0 Å². The molecule has 0 spiro atoms. The highest BCUT2D eigenvalue weighted by Crippen LogP contribution is 2.18. The van der Waals surface area contributed by atoms with Gasteiger partial charge in [0, 0.05) is 18.4 Å². The first-order valence-electron chi connectivity index (χ1n) is 4.91. The highest BCUT2D eigenvalue weighted by molar-refractivity contribution is 5.24. The van der Waals surface area contributed by atoms with Gasteiger partial charge in [-0.05, 0) is 30.5 Å². The third-order valence-corrected chi connectivity index (χ3v) is 2.33. The zero-order chi connectivity index (χ0) is 9.68. The molecule has 2 heteroatoms. The van der Waals surface area contributed by atoms with E-state index >= 15 is 0 Å². The van der Waals surface area contributed by atoms with E-state index in [1.165, 1.54) is 24.0 Å². The second-order valence-corrected chi connectivity index (χ2v) is 3.48. The van der Waals surface area contributed by atoms with Gasteiger partial charge in [0.15, 0.2) is 0 Å². The lowest BCUT2D eigenvalue weighted by Crippen LogP contribution is -2.11. The molecule has 0 aliphatic heterocycles. The van der Waals surface area contributed by atoms with E-state index in [9.17, 15) is 0 Å². The molecule has 1 atom stereocenters. The topological polar surface area (TPSA) is 38.9 Å². The molecule has 0 saturated heterocycles. The van der Waals surface area contributed by atoms with Gasteiger partial charge in [0.2, 0.25) is 0 Å². The molecule has 0 aromatic carbocycles. The Balaban J connectivity index is 2.65. The summed E-state index contributed by atoms with van der Waals surface area (Å²) in [6.45, 7) is 4.25. The lowest BCUT2D eigenvalue weighted by Gasteiger charge is -2.13. The van der Waals surface area contributed by atoms with Crippen LogP contribution in [-0.2, 0) is 0 Å². The maximum Gasteiger partial charge on any atom is 0.0300 e. The summed E-state index contributed by atoms with van der Waals surface area (Å²) in [6.07, 6.45) is 7.16. The number of nitrogens with zero attached hydrogens (tertiary/aromatic N) is 1. The molecule has 13 heavy (non-hydrogen) atoms. The van der Waals surface area contributed by atoms with Gasteiger partial charge in [-0.15, -0.1) is 0 Å². The van der Waals surface area contributed by atoms with Gasteiger partial charge in [-0.25, -0.2) is 0 Å². The van der Waals surface area contributed by atoms with Gasteiger partial charge in [0.25, 0.3) is 0 Å². The predicted molar refractivity (Wildman–Crippen MR) is 55.4 cm³/mol. The SMILES string of the molecule is CCCCC(N)c1ccncc1C. The number of unbranched alkanes of at least 4 members (excludes halogenated alkanes) is 1. The summed E-state index contributed by atoms with van der Waals surface area (Å²) in [5.74, 6) is 0. The molecule has 0 aliphatic rings. The zero-order valence-electron chi connectivity index (χ0n) is 8.46. The summed E-state index contributed by atoms with van der Waals surface area (Å²) in [5.41, 5.74) is 8.49. The normalized spacial score (nSPS) is 12.8. The third kappa shape index (κ3) is 2.81. The first kappa shape index (κ1) is 10.2. The van der Waals surface area contributed by atoms with Crippen LogP contribution in [0.2, 0.25) is 0 Å². The molecule has 0 amide bonds. The van der Waals surface area contributed by atoms with Crippen LogP contribution < -0.4 is 5.73 Å². The summed E-state index contributed by atoms with van der Waals surface area (Å²) in [4.78, 5) is 4.05. The molecule has 0 radical (unpaired) electrons. The van der Waals surface area contributed by atoms with Crippen LogP contribution in [-0.4, -0.2) is 4.98 Å². The minimum Gasteiger partial charge on any atom is -0.324 e. The highest BCUT2D eigenvalue weighted by atomic mass is 14.7. The summed E-state index contributed by atoms with van der Waals surface area (Å²) in [5, 5.41) is 0. The van der Waals surface area contributed by atoms with Crippen molar-refractivity contribution in [3.8, 4) is 0 Å². The van der Waals surface area contributed by atoms with E-state index in [0.717, 1.165) is 6.42 Å².